The summed E-state index contributed by atoms with van der Waals surface area (Å²) in [6.07, 6.45) is 4.88. The van der Waals surface area contributed by atoms with Gasteiger partial charge >= 0.3 is 6.03 Å². The van der Waals surface area contributed by atoms with Crippen LogP contribution in [0.2, 0.25) is 0 Å². The number of hydrogen-bond donors (Lipinski definition) is 2. The minimum atomic E-state index is -0.381. The molecule has 0 aliphatic carbocycles. The number of aliphatic hydroxyl groups is 1. The van der Waals surface area contributed by atoms with Gasteiger partial charge in [0.25, 0.3) is 0 Å². The molecular weight excluding hydrogens is 268 g/mol. The highest BCUT2D eigenvalue weighted by atomic mass is 16.3. The van der Waals surface area contributed by atoms with E-state index in [0.29, 0.717) is 6.42 Å². The summed E-state index contributed by atoms with van der Waals surface area (Å²) < 4.78 is 1.84. The third kappa shape index (κ3) is 3.75. The maximum Gasteiger partial charge on any atom is 0.323 e. The molecule has 1 aromatic heterocycles. The average Bonchev–Trinajstić information content (AvgIpc) is 3.06. The molecule has 0 bridgehead atoms. The lowest BCUT2D eigenvalue weighted by molar-refractivity contribution is 0.142. The molecule has 0 radical (unpaired) electrons. The van der Waals surface area contributed by atoms with E-state index in [2.05, 4.69) is 24.3 Å². The van der Waals surface area contributed by atoms with Gasteiger partial charge in [-0.1, -0.05) is 6.92 Å². The van der Waals surface area contributed by atoms with Crippen LogP contribution in [0.3, 0.4) is 0 Å². The van der Waals surface area contributed by atoms with E-state index in [1.807, 2.05) is 15.6 Å². The third-order valence-corrected chi connectivity index (χ3v) is 4.16. The van der Waals surface area contributed by atoms with Crippen LogP contribution in [0.5, 0.6) is 0 Å². The van der Waals surface area contributed by atoms with Crippen LogP contribution in [0.25, 0.3) is 0 Å². The summed E-state index contributed by atoms with van der Waals surface area (Å²) in [4.78, 5) is 14.3. The molecule has 1 aliphatic rings. The summed E-state index contributed by atoms with van der Waals surface area (Å²) in [6, 6.07) is 2.11. The smallest absolute Gasteiger partial charge is 0.323 e. The number of carbonyl (C=O) groups is 1. The van der Waals surface area contributed by atoms with Crippen molar-refractivity contribution in [3.63, 3.8) is 0 Å². The van der Waals surface area contributed by atoms with Crippen molar-refractivity contribution in [2.45, 2.75) is 64.6 Å². The molecule has 2 N–H and O–H groups in total. The monoisotopic (exact) mass is 294 g/mol. The van der Waals surface area contributed by atoms with Gasteiger partial charge < -0.3 is 10.0 Å². The summed E-state index contributed by atoms with van der Waals surface area (Å²) >= 11 is 0. The lowest BCUT2D eigenvalue weighted by atomic mass is 10.1. The fourth-order valence-electron chi connectivity index (χ4n) is 2.86. The largest absolute Gasteiger partial charge is 0.393 e. The number of aliphatic hydroxyl groups excluding tert-OH is 1. The number of anilines is 1. The number of aromatic nitrogens is 2. The van der Waals surface area contributed by atoms with Crippen molar-refractivity contribution in [2.75, 3.05) is 11.9 Å². The summed E-state index contributed by atoms with van der Waals surface area (Å²) in [5.41, 5.74) is 0. The Balaban J connectivity index is 2.02. The highest BCUT2D eigenvalue weighted by Gasteiger charge is 2.30. The third-order valence-electron chi connectivity index (χ3n) is 4.16. The van der Waals surface area contributed by atoms with Crippen LogP contribution >= 0.6 is 0 Å². The van der Waals surface area contributed by atoms with Gasteiger partial charge in [-0.3, -0.25) is 5.32 Å². The van der Waals surface area contributed by atoms with Crippen molar-refractivity contribution < 1.29 is 9.90 Å². The van der Waals surface area contributed by atoms with Crippen LogP contribution < -0.4 is 5.32 Å². The van der Waals surface area contributed by atoms with Gasteiger partial charge in [0.1, 0.15) is 5.82 Å². The zero-order chi connectivity index (χ0) is 15.4. The molecule has 0 saturated carbocycles. The van der Waals surface area contributed by atoms with Gasteiger partial charge in [0.05, 0.1) is 18.3 Å². The SMILES string of the molecule is CCC(C)n1nccc1NC(=O)N1CCCC1CC(C)O. The molecule has 2 heterocycles. The molecule has 1 saturated heterocycles. The van der Waals surface area contributed by atoms with Gasteiger partial charge in [-0.2, -0.15) is 5.10 Å². The van der Waals surface area contributed by atoms with Gasteiger partial charge in [-0.15, -0.1) is 0 Å². The van der Waals surface area contributed by atoms with Crippen molar-refractivity contribution in [3.8, 4) is 0 Å². The van der Waals surface area contributed by atoms with Crippen LogP contribution in [0, 0.1) is 0 Å². The van der Waals surface area contributed by atoms with E-state index < -0.39 is 0 Å². The zero-order valence-corrected chi connectivity index (χ0v) is 13.1. The molecule has 6 nitrogen and oxygen atoms in total. The molecule has 0 spiro atoms. The topological polar surface area (TPSA) is 70.4 Å². The van der Waals surface area contributed by atoms with Crippen LogP contribution in [-0.4, -0.2) is 44.5 Å². The van der Waals surface area contributed by atoms with Crippen LogP contribution in [-0.2, 0) is 0 Å². The van der Waals surface area contributed by atoms with E-state index in [1.165, 1.54) is 0 Å². The second-order valence-electron chi connectivity index (χ2n) is 5.92. The molecule has 3 unspecified atom stereocenters. The van der Waals surface area contributed by atoms with E-state index in [1.54, 1.807) is 13.1 Å². The number of nitrogens with zero attached hydrogens (tertiary/aromatic N) is 3. The predicted octanol–water partition coefficient (Wildman–Crippen LogP) is 2.62. The Bertz CT molecular complexity index is 472. The van der Waals surface area contributed by atoms with Crippen LogP contribution in [0.1, 0.15) is 52.5 Å². The highest BCUT2D eigenvalue weighted by molar-refractivity contribution is 5.88. The maximum absolute atomic E-state index is 12.5. The quantitative estimate of drug-likeness (QED) is 0.877. The molecule has 3 atom stereocenters. The van der Waals surface area contributed by atoms with Crippen LogP contribution in [0.15, 0.2) is 12.3 Å². The van der Waals surface area contributed by atoms with Gasteiger partial charge in [0.2, 0.25) is 0 Å². The van der Waals surface area contributed by atoms with E-state index in [9.17, 15) is 9.90 Å². The molecule has 2 amide bonds. The zero-order valence-electron chi connectivity index (χ0n) is 13.1. The Kier molecular flexibility index (Phi) is 5.22. The lowest BCUT2D eigenvalue weighted by Crippen LogP contribution is -2.40. The second-order valence-corrected chi connectivity index (χ2v) is 5.92. The molecule has 2 rings (SSSR count). The Morgan fingerprint density at radius 1 is 1.57 bits per heavy atom. The highest BCUT2D eigenvalue weighted by Crippen LogP contribution is 2.23. The number of rotatable bonds is 5. The van der Waals surface area contributed by atoms with Gasteiger partial charge in [-0.25, -0.2) is 9.48 Å². The number of hydrogen-bond acceptors (Lipinski definition) is 3. The van der Waals surface area contributed by atoms with Gasteiger partial charge in [0, 0.05) is 18.7 Å². The molecule has 1 fully saturated rings. The van der Waals surface area contributed by atoms with Crippen LogP contribution in [0.4, 0.5) is 10.6 Å². The van der Waals surface area contributed by atoms with Crippen molar-refractivity contribution >= 4 is 11.8 Å². The fraction of sp³-hybridized carbons (Fsp3) is 0.733. The standard InChI is InChI=1S/C15H26N4O2/c1-4-11(2)19-14(7-8-16-19)17-15(21)18-9-5-6-13(18)10-12(3)20/h7-8,11-13,20H,4-6,9-10H2,1-3H3,(H,17,21). The minimum Gasteiger partial charge on any atom is -0.393 e. The first kappa shape index (κ1) is 15.8. The number of urea groups is 1. The summed E-state index contributed by atoms with van der Waals surface area (Å²) in [5.74, 6) is 0.733. The minimum absolute atomic E-state index is 0.0943. The predicted molar refractivity (Wildman–Crippen MR) is 82.3 cm³/mol. The lowest BCUT2D eigenvalue weighted by Gasteiger charge is -2.26. The van der Waals surface area contributed by atoms with E-state index in [-0.39, 0.29) is 24.2 Å². The van der Waals surface area contributed by atoms with Crippen molar-refractivity contribution in [1.29, 1.82) is 0 Å². The molecule has 1 aliphatic heterocycles. The molecule has 21 heavy (non-hydrogen) atoms. The normalized spacial score (nSPS) is 21.3. The first-order chi connectivity index (χ1) is 10.0. The summed E-state index contributed by atoms with van der Waals surface area (Å²) in [5, 5.41) is 16.8. The number of carbonyl (C=O) groups excluding carboxylic acids is 1. The fourth-order valence-corrected chi connectivity index (χ4v) is 2.86. The van der Waals surface area contributed by atoms with E-state index in [4.69, 9.17) is 0 Å². The molecule has 6 heteroatoms. The van der Waals surface area contributed by atoms with Crippen molar-refractivity contribution in [3.05, 3.63) is 12.3 Å². The molecule has 0 aromatic carbocycles. The Morgan fingerprint density at radius 3 is 3.00 bits per heavy atom. The maximum atomic E-state index is 12.5. The van der Waals surface area contributed by atoms with Gasteiger partial charge in [0.15, 0.2) is 0 Å². The molecular formula is C15H26N4O2. The van der Waals surface area contributed by atoms with E-state index in [0.717, 1.165) is 31.6 Å². The first-order valence-corrected chi connectivity index (χ1v) is 7.82. The average molecular weight is 294 g/mol. The Labute approximate surface area is 126 Å². The Morgan fingerprint density at radius 2 is 2.33 bits per heavy atom. The van der Waals surface area contributed by atoms with Crippen molar-refractivity contribution in [1.82, 2.24) is 14.7 Å². The number of likely N-dealkylation sites (tertiary alicyclic amines) is 1. The number of amides is 2. The van der Waals surface area contributed by atoms with E-state index >= 15 is 0 Å². The number of nitrogens with one attached hydrogen (secondary N) is 1. The van der Waals surface area contributed by atoms with Crippen molar-refractivity contribution in [2.24, 2.45) is 0 Å². The molecule has 1 aromatic rings. The Hall–Kier alpha value is -1.56. The summed E-state index contributed by atoms with van der Waals surface area (Å²) in [6.45, 7) is 6.69. The van der Waals surface area contributed by atoms with Gasteiger partial charge in [-0.05, 0) is 39.5 Å². The summed E-state index contributed by atoms with van der Waals surface area (Å²) in [7, 11) is 0. The first-order valence-electron chi connectivity index (χ1n) is 7.82. The molecule has 118 valence electrons. The second kappa shape index (κ2) is 6.93.